The SMILES string of the molecule is CCn1ccc(CNC(=O)c2ccc(COc3c(F)c(F)cc(F)c3F)o2)n1. The lowest BCUT2D eigenvalue weighted by atomic mass is 10.3. The molecule has 0 aliphatic rings. The number of amides is 1. The van der Waals surface area contributed by atoms with Gasteiger partial charge in [-0.15, -0.1) is 0 Å². The molecule has 0 atom stereocenters. The monoisotopic (exact) mass is 397 g/mol. The highest BCUT2D eigenvalue weighted by Gasteiger charge is 2.21. The van der Waals surface area contributed by atoms with E-state index in [1.54, 1.807) is 16.9 Å². The van der Waals surface area contributed by atoms with Crippen LogP contribution in [-0.4, -0.2) is 15.7 Å². The molecule has 0 unspecified atom stereocenters. The van der Waals surface area contributed by atoms with Crippen LogP contribution in [0.4, 0.5) is 17.6 Å². The zero-order chi connectivity index (χ0) is 20.3. The summed E-state index contributed by atoms with van der Waals surface area (Å²) in [5, 5.41) is 6.82. The standard InChI is InChI=1S/C18H15F4N3O3/c1-2-25-6-5-10(24-25)8-23-18(26)14-4-3-11(28-14)9-27-17-15(21)12(19)7-13(20)16(17)22/h3-7H,2,8-9H2,1H3,(H,23,26). The van der Waals surface area contributed by atoms with E-state index in [0.717, 1.165) is 0 Å². The summed E-state index contributed by atoms with van der Waals surface area (Å²) in [7, 11) is 0. The van der Waals surface area contributed by atoms with Gasteiger partial charge in [-0.3, -0.25) is 9.48 Å². The molecular formula is C18H15F4N3O3. The normalized spacial score (nSPS) is 10.9. The molecule has 0 aliphatic heterocycles. The van der Waals surface area contributed by atoms with Gasteiger partial charge in [0.15, 0.2) is 23.1 Å². The highest BCUT2D eigenvalue weighted by atomic mass is 19.2. The number of aryl methyl sites for hydroxylation is 1. The summed E-state index contributed by atoms with van der Waals surface area (Å²) in [5.41, 5.74) is 0.657. The van der Waals surface area contributed by atoms with Crippen molar-refractivity contribution in [3.63, 3.8) is 0 Å². The van der Waals surface area contributed by atoms with Gasteiger partial charge in [-0.2, -0.15) is 13.9 Å². The first-order chi connectivity index (χ1) is 13.4. The van der Waals surface area contributed by atoms with Crippen molar-refractivity contribution in [3.05, 3.63) is 70.9 Å². The summed E-state index contributed by atoms with van der Waals surface area (Å²) in [5.74, 6) is -8.26. The van der Waals surface area contributed by atoms with Crippen LogP contribution in [0.15, 0.2) is 34.9 Å². The van der Waals surface area contributed by atoms with Crippen molar-refractivity contribution >= 4 is 5.91 Å². The second-order valence-electron chi connectivity index (χ2n) is 5.70. The van der Waals surface area contributed by atoms with Crippen LogP contribution in [-0.2, 0) is 19.7 Å². The number of furan rings is 1. The van der Waals surface area contributed by atoms with Crippen LogP contribution >= 0.6 is 0 Å². The van der Waals surface area contributed by atoms with Gasteiger partial charge in [-0.05, 0) is 25.1 Å². The molecule has 0 saturated heterocycles. The van der Waals surface area contributed by atoms with Crippen molar-refractivity contribution in [1.82, 2.24) is 15.1 Å². The third kappa shape index (κ3) is 4.16. The molecular weight excluding hydrogens is 382 g/mol. The minimum Gasteiger partial charge on any atom is -0.479 e. The van der Waals surface area contributed by atoms with Crippen molar-refractivity contribution in [2.45, 2.75) is 26.6 Å². The van der Waals surface area contributed by atoms with Crippen molar-refractivity contribution in [3.8, 4) is 5.75 Å². The molecule has 0 spiro atoms. The van der Waals surface area contributed by atoms with Gasteiger partial charge in [0.05, 0.1) is 12.2 Å². The maximum Gasteiger partial charge on any atom is 0.287 e. The van der Waals surface area contributed by atoms with Gasteiger partial charge in [0, 0.05) is 18.8 Å². The minimum atomic E-state index is -1.66. The molecule has 10 heteroatoms. The Balaban J connectivity index is 1.60. The van der Waals surface area contributed by atoms with Crippen LogP contribution in [0.3, 0.4) is 0 Å². The van der Waals surface area contributed by atoms with E-state index >= 15 is 0 Å². The number of carbonyl (C=O) groups excluding carboxylic acids is 1. The number of ether oxygens (including phenoxy) is 1. The smallest absolute Gasteiger partial charge is 0.287 e. The van der Waals surface area contributed by atoms with Crippen molar-refractivity contribution in [2.75, 3.05) is 0 Å². The molecule has 3 rings (SSSR count). The van der Waals surface area contributed by atoms with E-state index in [-0.39, 0.29) is 24.1 Å². The molecule has 0 fully saturated rings. The van der Waals surface area contributed by atoms with E-state index in [9.17, 15) is 22.4 Å². The van der Waals surface area contributed by atoms with E-state index < -0.39 is 41.5 Å². The Morgan fingerprint density at radius 2 is 1.89 bits per heavy atom. The molecule has 28 heavy (non-hydrogen) atoms. The molecule has 148 valence electrons. The van der Waals surface area contributed by atoms with Crippen LogP contribution in [0.5, 0.6) is 5.75 Å². The van der Waals surface area contributed by atoms with Gasteiger partial charge in [0.2, 0.25) is 11.6 Å². The molecule has 0 bridgehead atoms. The Hall–Kier alpha value is -3.30. The largest absolute Gasteiger partial charge is 0.479 e. The van der Waals surface area contributed by atoms with Crippen LogP contribution in [0.2, 0.25) is 0 Å². The van der Waals surface area contributed by atoms with Gasteiger partial charge < -0.3 is 14.5 Å². The van der Waals surface area contributed by atoms with Crippen LogP contribution < -0.4 is 10.1 Å². The Kier molecular flexibility index (Phi) is 5.67. The number of hydrogen-bond donors (Lipinski definition) is 1. The van der Waals surface area contributed by atoms with E-state index in [1.165, 1.54) is 12.1 Å². The Morgan fingerprint density at radius 3 is 2.54 bits per heavy atom. The topological polar surface area (TPSA) is 69.3 Å². The quantitative estimate of drug-likeness (QED) is 0.489. The second-order valence-corrected chi connectivity index (χ2v) is 5.70. The van der Waals surface area contributed by atoms with Crippen molar-refractivity contribution < 1.29 is 31.5 Å². The highest BCUT2D eigenvalue weighted by Crippen LogP contribution is 2.27. The summed E-state index contributed by atoms with van der Waals surface area (Å²) >= 11 is 0. The molecule has 0 saturated carbocycles. The maximum atomic E-state index is 13.6. The predicted octanol–water partition coefficient (Wildman–Crippen LogP) is 3.56. The lowest BCUT2D eigenvalue weighted by Crippen LogP contribution is -2.22. The Morgan fingerprint density at radius 1 is 1.18 bits per heavy atom. The average Bonchev–Trinajstić information content (AvgIpc) is 3.34. The van der Waals surface area contributed by atoms with Gasteiger partial charge in [-0.25, -0.2) is 8.78 Å². The summed E-state index contributed by atoms with van der Waals surface area (Å²) in [4.78, 5) is 12.1. The number of hydrogen-bond acceptors (Lipinski definition) is 4. The Bertz CT molecular complexity index is 974. The van der Waals surface area contributed by atoms with Crippen molar-refractivity contribution in [1.29, 1.82) is 0 Å². The van der Waals surface area contributed by atoms with E-state index in [1.807, 2.05) is 6.92 Å². The summed E-state index contributed by atoms with van der Waals surface area (Å²) < 4.78 is 65.2. The van der Waals surface area contributed by atoms with Crippen LogP contribution in [0, 0.1) is 23.3 Å². The highest BCUT2D eigenvalue weighted by molar-refractivity contribution is 5.91. The molecule has 1 N–H and O–H groups in total. The molecule has 6 nitrogen and oxygen atoms in total. The number of aromatic nitrogens is 2. The molecule has 1 amide bonds. The van der Waals surface area contributed by atoms with E-state index in [0.29, 0.717) is 12.2 Å². The lowest BCUT2D eigenvalue weighted by molar-refractivity contribution is 0.0918. The number of rotatable bonds is 7. The molecule has 1 aromatic carbocycles. The third-order valence-electron chi connectivity index (χ3n) is 3.77. The van der Waals surface area contributed by atoms with Crippen LogP contribution in [0.25, 0.3) is 0 Å². The average molecular weight is 397 g/mol. The van der Waals surface area contributed by atoms with Gasteiger partial charge in [-0.1, -0.05) is 0 Å². The predicted molar refractivity (Wildman–Crippen MR) is 88.4 cm³/mol. The summed E-state index contributed by atoms with van der Waals surface area (Å²) in [6.45, 7) is 2.27. The van der Waals surface area contributed by atoms with Crippen molar-refractivity contribution in [2.24, 2.45) is 0 Å². The first-order valence-corrected chi connectivity index (χ1v) is 8.24. The molecule has 0 aliphatic carbocycles. The van der Waals surface area contributed by atoms with Gasteiger partial charge in [0.25, 0.3) is 5.91 Å². The zero-order valence-corrected chi connectivity index (χ0v) is 14.6. The third-order valence-corrected chi connectivity index (χ3v) is 3.77. The summed E-state index contributed by atoms with van der Waals surface area (Å²) in [6, 6.07) is 4.51. The number of nitrogens with zero attached hydrogens (tertiary/aromatic N) is 2. The first-order valence-electron chi connectivity index (χ1n) is 8.24. The Labute approximate surface area is 156 Å². The van der Waals surface area contributed by atoms with E-state index in [4.69, 9.17) is 9.15 Å². The minimum absolute atomic E-state index is 0.0314. The first kappa shape index (κ1) is 19.5. The van der Waals surface area contributed by atoms with Gasteiger partial charge in [0.1, 0.15) is 12.4 Å². The molecule has 3 aromatic rings. The fourth-order valence-electron chi connectivity index (χ4n) is 2.33. The number of nitrogens with one attached hydrogen (secondary N) is 1. The summed E-state index contributed by atoms with van der Waals surface area (Å²) in [6.07, 6.45) is 1.78. The number of carbonyl (C=O) groups is 1. The number of halogens is 4. The van der Waals surface area contributed by atoms with Crippen LogP contribution in [0.1, 0.15) is 28.9 Å². The van der Waals surface area contributed by atoms with Gasteiger partial charge >= 0.3 is 0 Å². The molecule has 2 aromatic heterocycles. The molecule has 2 heterocycles. The second kappa shape index (κ2) is 8.15. The lowest BCUT2D eigenvalue weighted by Gasteiger charge is -2.08. The maximum absolute atomic E-state index is 13.6. The number of benzene rings is 1. The van der Waals surface area contributed by atoms with E-state index in [2.05, 4.69) is 10.4 Å². The fraction of sp³-hybridized carbons (Fsp3) is 0.222. The molecule has 0 radical (unpaired) electrons. The fourth-order valence-corrected chi connectivity index (χ4v) is 2.33. The zero-order valence-electron chi connectivity index (χ0n) is 14.6.